The van der Waals surface area contributed by atoms with Gasteiger partial charge in [0.05, 0.1) is 13.5 Å². The molecule has 0 bridgehead atoms. The summed E-state index contributed by atoms with van der Waals surface area (Å²) in [6.07, 6.45) is -0.185. The third-order valence-corrected chi connectivity index (χ3v) is 2.32. The Labute approximate surface area is 92.2 Å². The molecule has 0 fully saturated rings. The highest BCUT2D eigenvalue weighted by Crippen LogP contribution is 2.22. The van der Waals surface area contributed by atoms with Gasteiger partial charge in [0.25, 0.3) is 0 Å². The van der Waals surface area contributed by atoms with Gasteiger partial charge < -0.3 is 10.5 Å². The molecule has 0 aromatic heterocycles. The van der Waals surface area contributed by atoms with E-state index in [0.717, 1.165) is 0 Å². The molecule has 0 radical (unpaired) electrons. The van der Waals surface area contributed by atoms with Gasteiger partial charge in [-0.3, -0.25) is 4.79 Å². The number of hydrogen-bond acceptors (Lipinski definition) is 3. The van der Waals surface area contributed by atoms with Crippen molar-refractivity contribution < 1.29 is 18.3 Å². The first-order valence-electron chi connectivity index (χ1n) is 4.74. The molecule has 88 valence electrons. The minimum atomic E-state index is -1.00. The van der Waals surface area contributed by atoms with Crippen molar-refractivity contribution in [3.63, 3.8) is 0 Å². The molecule has 0 aliphatic heterocycles. The summed E-state index contributed by atoms with van der Waals surface area (Å²) in [5, 5.41) is 0. The molecule has 0 heterocycles. The van der Waals surface area contributed by atoms with E-state index in [4.69, 9.17) is 5.73 Å². The summed E-state index contributed by atoms with van der Waals surface area (Å²) in [5.41, 5.74) is 5.76. The first-order chi connectivity index (χ1) is 7.47. The van der Waals surface area contributed by atoms with Crippen molar-refractivity contribution in [1.82, 2.24) is 0 Å². The summed E-state index contributed by atoms with van der Waals surface area (Å²) in [5.74, 6) is -2.50. The van der Waals surface area contributed by atoms with Crippen LogP contribution in [0.15, 0.2) is 12.1 Å². The van der Waals surface area contributed by atoms with Gasteiger partial charge in [-0.05, 0) is 12.5 Å². The Morgan fingerprint density at radius 3 is 2.62 bits per heavy atom. The zero-order chi connectivity index (χ0) is 12.3. The van der Waals surface area contributed by atoms with Gasteiger partial charge >= 0.3 is 5.97 Å². The normalized spacial score (nSPS) is 12.3. The van der Waals surface area contributed by atoms with E-state index < -0.39 is 23.6 Å². The summed E-state index contributed by atoms with van der Waals surface area (Å²) in [6, 6.07) is 1.90. The van der Waals surface area contributed by atoms with Crippen molar-refractivity contribution in [2.45, 2.75) is 19.4 Å². The lowest BCUT2D eigenvalue weighted by Gasteiger charge is -2.12. The molecule has 0 saturated carbocycles. The Morgan fingerprint density at radius 2 is 2.06 bits per heavy atom. The summed E-state index contributed by atoms with van der Waals surface area (Å²) < 4.78 is 31.1. The fourth-order valence-electron chi connectivity index (χ4n) is 1.32. The van der Waals surface area contributed by atoms with Crippen LogP contribution in [0.4, 0.5) is 8.78 Å². The number of benzene rings is 1. The van der Waals surface area contributed by atoms with Gasteiger partial charge in [0.15, 0.2) is 11.6 Å². The number of carbonyl (C=O) groups excluding carboxylic acids is 1. The molecule has 0 spiro atoms. The van der Waals surface area contributed by atoms with E-state index in [0.29, 0.717) is 0 Å². The molecule has 0 unspecified atom stereocenters. The van der Waals surface area contributed by atoms with Crippen molar-refractivity contribution in [2.75, 3.05) is 7.11 Å². The average Bonchev–Trinajstić information content (AvgIpc) is 2.25. The lowest BCUT2D eigenvalue weighted by Crippen LogP contribution is -2.18. The maximum absolute atomic E-state index is 13.5. The van der Waals surface area contributed by atoms with Crippen LogP contribution in [0.5, 0.6) is 0 Å². The van der Waals surface area contributed by atoms with Crippen LogP contribution in [-0.4, -0.2) is 13.1 Å². The van der Waals surface area contributed by atoms with Crippen molar-refractivity contribution in [3.8, 4) is 0 Å². The second-order valence-electron chi connectivity index (χ2n) is 3.49. The standard InChI is InChI=1S/C11H13F2NO2/c1-6-3-4-7(11(13)10(6)12)8(14)5-9(15)16-2/h3-4,8H,5,14H2,1-2H3/t8-/m0/s1. The average molecular weight is 229 g/mol. The first-order valence-corrected chi connectivity index (χ1v) is 4.74. The van der Waals surface area contributed by atoms with Crippen molar-refractivity contribution >= 4 is 5.97 Å². The molecule has 0 amide bonds. The van der Waals surface area contributed by atoms with E-state index in [1.165, 1.54) is 26.2 Å². The third kappa shape index (κ3) is 2.55. The minimum Gasteiger partial charge on any atom is -0.469 e. The lowest BCUT2D eigenvalue weighted by atomic mass is 10.0. The molecule has 0 aliphatic rings. The molecule has 16 heavy (non-hydrogen) atoms. The van der Waals surface area contributed by atoms with Crippen LogP contribution in [0.2, 0.25) is 0 Å². The van der Waals surface area contributed by atoms with Crippen molar-refractivity contribution in [1.29, 1.82) is 0 Å². The molecule has 1 aromatic rings. The molecule has 5 heteroatoms. The van der Waals surface area contributed by atoms with Gasteiger partial charge in [0.2, 0.25) is 0 Å². The van der Waals surface area contributed by atoms with Crippen LogP contribution >= 0.6 is 0 Å². The Bertz CT molecular complexity index is 407. The number of nitrogens with two attached hydrogens (primary N) is 1. The molecule has 0 aliphatic carbocycles. The van der Waals surface area contributed by atoms with Crippen LogP contribution in [0.3, 0.4) is 0 Å². The summed E-state index contributed by atoms with van der Waals surface area (Å²) in [7, 11) is 1.21. The quantitative estimate of drug-likeness (QED) is 0.804. The molecule has 0 saturated heterocycles. The van der Waals surface area contributed by atoms with E-state index in [1.54, 1.807) is 0 Å². The molecular weight excluding hydrogens is 216 g/mol. The van der Waals surface area contributed by atoms with Crippen molar-refractivity contribution in [3.05, 3.63) is 34.9 Å². The maximum Gasteiger partial charge on any atom is 0.307 e. The van der Waals surface area contributed by atoms with Gasteiger partial charge in [-0.1, -0.05) is 12.1 Å². The monoisotopic (exact) mass is 229 g/mol. The number of aryl methyl sites for hydroxylation is 1. The fourth-order valence-corrected chi connectivity index (χ4v) is 1.32. The molecule has 2 N–H and O–H groups in total. The Morgan fingerprint density at radius 1 is 1.44 bits per heavy atom. The number of carbonyl (C=O) groups is 1. The zero-order valence-corrected chi connectivity index (χ0v) is 9.09. The number of halogens is 2. The van der Waals surface area contributed by atoms with Gasteiger partial charge in [0.1, 0.15) is 0 Å². The van der Waals surface area contributed by atoms with Gasteiger partial charge in [-0.2, -0.15) is 0 Å². The number of hydrogen-bond donors (Lipinski definition) is 1. The number of esters is 1. The highest BCUT2D eigenvalue weighted by molar-refractivity contribution is 5.70. The SMILES string of the molecule is COC(=O)C[C@H](N)c1ccc(C)c(F)c1F. The summed E-state index contributed by atoms with van der Waals surface area (Å²) in [6.45, 7) is 1.45. The van der Waals surface area contributed by atoms with Crippen LogP contribution in [-0.2, 0) is 9.53 Å². The molecule has 1 rings (SSSR count). The predicted octanol–water partition coefficient (Wildman–Crippen LogP) is 1.84. The lowest BCUT2D eigenvalue weighted by molar-refractivity contribution is -0.141. The van der Waals surface area contributed by atoms with E-state index in [-0.39, 0.29) is 17.5 Å². The number of methoxy groups -OCH3 is 1. The Hall–Kier alpha value is -1.49. The van der Waals surface area contributed by atoms with E-state index in [2.05, 4.69) is 4.74 Å². The predicted molar refractivity (Wildman–Crippen MR) is 54.7 cm³/mol. The summed E-state index contributed by atoms with van der Waals surface area (Å²) in [4.78, 5) is 10.9. The highest BCUT2D eigenvalue weighted by atomic mass is 19.2. The molecule has 1 atom stereocenters. The van der Waals surface area contributed by atoms with E-state index in [1.807, 2.05) is 0 Å². The second-order valence-corrected chi connectivity index (χ2v) is 3.49. The minimum absolute atomic E-state index is 0.0199. The van der Waals surface area contributed by atoms with Gasteiger partial charge in [-0.25, -0.2) is 8.78 Å². The first kappa shape index (κ1) is 12.6. The second kappa shape index (κ2) is 5.03. The van der Waals surface area contributed by atoms with Crippen LogP contribution in [0, 0.1) is 18.6 Å². The van der Waals surface area contributed by atoms with E-state index in [9.17, 15) is 13.6 Å². The maximum atomic E-state index is 13.5. The van der Waals surface area contributed by atoms with E-state index >= 15 is 0 Å². The molecule has 1 aromatic carbocycles. The van der Waals surface area contributed by atoms with Crippen LogP contribution in [0.25, 0.3) is 0 Å². The van der Waals surface area contributed by atoms with Gasteiger partial charge in [-0.15, -0.1) is 0 Å². The largest absolute Gasteiger partial charge is 0.469 e. The highest BCUT2D eigenvalue weighted by Gasteiger charge is 2.19. The van der Waals surface area contributed by atoms with Crippen LogP contribution in [0.1, 0.15) is 23.6 Å². The number of ether oxygens (including phenoxy) is 1. The molecular formula is C11H13F2NO2. The molecule has 3 nitrogen and oxygen atoms in total. The summed E-state index contributed by atoms with van der Waals surface area (Å²) >= 11 is 0. The Balaban J connectivity index is 2.96. The topological polar surface area (TPSA) is 52.3 Å². The van der Waals surface area contributed by atoms with Crippen LogP contribution < -0.4 is 5.73 Å². The fraction of sp³-hybridized carbons (Fsp3) is 0.364. The van der Waals surface area contributed by atoms with Crippen molar-refractivity contribution in [2.24, 2.45) is 5.73 Å². The third-order valence-electron chi connectivity index (χ3n) is 2.32. The smallest absolute Gasteiger partial charge is 0.307 e. The zero-order valence-electron chi connectivity index (χ0n) is 9.09. The van der Waals surface area contributed by atoms with Gasteiger partial charge in [0, 0.05) is 11.6 Å². The Kier molecular flexibility index (Phi) is 3.95. The number of rotatable bonds is 3.